The van der Waals surface area contributed by atoms with Crippen molar-refractivity contribution in [2.45, 2.75) is 31.8 Å². The van der Waals surface area contributed by atoms with Gasteiger partial charge in [-0.25, -0.2) is 0 Å². The minimum absolute atomic E-state index is 0.109. The van der Waals surface area contributed by atoms with E-state index in [1.807, 2.05) is 42.5 Å². The van der Waals surface area contributed by atoms with Crippen LogP contribution in [-0.2, 0) is 11.3 Å². The molecule has 0 spiro atoms. The van der Waals surface area contributed by atoms with Gasteiger partial charge in [0.2, 0.25) is 0 Å². The summed E-state index contributed by atoms with van der Waals surface area (Å²) in [5.74, 6) is -0.109. The number of aliphatic hydroxyl groups is 2. The largest absolute Gasteiger partial charge is 0.393 e. The summed E-state index contributed by atoms with van der Waals surface area (Å²) in [7, 11) is 0. The first-order chi connectivity index (χ1) is 8.25. The van der Waals surface area contributed by atoms with E-state index in [9.17, 15) is 10.2 Å². The molecule has 0 amide bonds. The van der Waals surface area contributed by atoms with Gasteiger partial charge in [0, 0.05) is 5.92 Å². The van der Waals surface area contributed by atoms with E-state index in [-0.39, 0.29) is 12.0 Å². The van der Waals surface area contributed by atoms with E-state index >= 15 is 0 Å². The molecule has 3 unspecified atom stereocenters. The third-order valence-electron chi connectivity index (χ3n) is 2.97. The van der Waals surface area contributed by atoms with Gasteiger partial charge in [0.1, 0.15) is 0 Å². The van der Waals surface area contributed by atoms with Crippen LogP contribution in [0.3, 0.4) is 0 Å². The van der Waals surface area contributed by atoms with Crippen molar-refractivity contribution in [2.75, 3.05) is 0 Å². The van der Waals surface area contributed by atoms with Crippen molar-refractivity contribution in [1.29, 1.82) is 0 Å². The Labute approximate surface area is 101 Å². The van der Waals surface area contributed by atoms with Gasteiger partial charge in [0.25, 0.3) is 0 Å². The summed E-state index contributed by atoms with van der Waals surface area (Å²) in [6.07, 6.45) is 3.84. The van der Waals surface area contributed by atoms with Crippen LogP contribution in [0.2, 0.25) is 0 Å². The van der Waals surface area contributed by atoms with Crippen LogP contribution in [0.4, 0.5) is 0 Å². The summed E-state index contributed by atoms with van der Waals surface area (Å²) >= 11 is 0. The molecule has 0 radical (unpaired) electrons. The molecule has 2 N–H and O–H groups in total. The lowest BCUT2D eigenvalue weighted by molar-refractivity contribution is -0.138. The number of aliphatic hydroxyl groups excluding tert-OH is 2. The van der Waals surface area contributed by atoms with Crippen LogP contribution in [0.1, 0.15) is 18.4 Å². The van der Waals surface area contributed by atoms with E-state index in [1.165, 1.54) is 0 Å². The molecule has 1 aromatic rings. The Morgan fingerprint density at radius 3 is 2.76 bits per heavy atom. The number of hydrogen-bond acceptors (Lipinski definition) is 3. The first-order valence-corrected chi connectivity index (χ1v) is 5.94. The molecule has 0 aliphatic heterocycles. The number of benzene rings is 1. The minimum atomic E-state index is -0.846. The maximum Gasteiger partial charge on any atom is 0.161 e. The summed E-state index contributed by atoms with van der Waals surface area (Å²) in [6.45, 7) is 0.391. The van der Waals surface area contributed by atoms with Crippen molar-refractivity contribution >= 4 is 0 Å². The highest BCUT2D eigenvalue weighted by molar-refractivity contribution is 5.13. The predicted octanol–water partition coefficient (Wildman–Crippen LogP) is 1.85. The number of rotatable bonds is 4. The van der Waals surface area contributed by atoms with Crippen molar-refractivity contribution in [3.63, 3.8) is 0 Å². The van der Waals surface area contributed by atoms with Crippen molar-refractivity contribution in [2.24, 2.45) is 5.92 Å². The molecule has 0 aromatic heterocycles. The molecule has 0 saturated heterocycles. The van der Waals surface area contributed by atoms with Gasteiger partial charge >= 0.3 is 0 Å². The van der Waals surface area contributed by atoms with E-state index in [1.54, 1.807) is 0 Å². The molecule has 0 fully saturated rings. The molecule has 3 nitrogen and oxygen atoms in total. The fourth-order valence-electron chi connectivity index (χ4n) is 1.99. The summed E-state index contributed by atoms with van der Waals surface area (Å²) in [5, 5.41) is 19.4. The summed E-state index contributed by atoms with van der Waals surface area (Å²) in [5.41, 5.74) is 1.03. The van der Waals surface area contributed by atoms with Crippen LogP contribution in [0.5, 0.6) is 0 Å². The molecule has 92 valence electrons. The molecule has 17 heavy (non-hydrogen) atoms. The van der Waals surface area contributed by atoms with Crippen LogP contribution in [0.25, 0.3) is 0 Å². The molecule has 3 heteroatoms. The van der Waals surface area contributed by atoms with Gasteiger partial charge in [0.05, 0.1) is 12.7 Å². The quantitative estimate of drug-likeness (QED) is 0.617. The van der Waals surface area contributed by atoms with Crippen LogP contribution in [-0.4, -0.2) is 22.6 Å². The lowest BCUT2D eigenvalue weighted by Gasteiger charge is -2.25. The standard InChI is InChI=1S/C14H18O3/c15-13-8-4-7-12(9-13)14(16)17-10-11-5-2-1-3-6-11/h1-7,12-16H,8-10H2. The zero-order valence-electron chi connectivity index (χ0n) is 9.70. The zero-order chi connectivity index (χ0) is 12.1. The van der Waals surface area contributed by atoms with Gasteiger partial charge < -0.3 is 14.9 Å². The van der Waals surface area contributed by atoms with E-state index < -0.39 is 6.29 Å². The molecule has 1 aliphatic rings. The molecule has 0 saturated carbocycles. The third-order valence-corrected chi connectivity index (χ3v) is 2.97. The molecule has 3 atom stereocenters. The van der Waals surface area contributed by atoms with Crippen molar-refractivity contribution in [1.82, 2.24) is 0 Å². The molecular weight excluding hydrogens is 216 g/mol. The van der Waals surface area contributed by atoms with Crippen molar-refractivity contribution in [3.05, 3.63) is 48.0 Å². The Kier molecular flexibility index (Phi) is 4.31. The molecule has 0 bridgehead atoms. The second kappa shape index (κ2) is 5.96. The Balaban J connectivity index is 1.83. The lowest BCUT2D eigenvalue weighted by atomic mass is 9.93. The van der Waals surface area contributed by atoms with Gasteiger partial charge in [-0.3, -0.25) is 0 Å². The lowest BCUT2D eigenvalue weighted by Crippen LogP contribution is -2.28. The second-order valence-electron chi connectivity index (χ2n) is 4.40. The van der Waals surface area contributed by atoms with Gasteiger partial charge in [0.15, 0.2) is 6.29 Å². The summed E-state index contributed by atoms with van der Waals surface area (Å²) in [4.78, 5) is 0. The molecule has 1 aliphatic carbocycles. The SMILES string of the molecule is OC1CC=CC(C(O)OCc2ccccc2)C1. The van der Waals surface area contributed by atoms with E-state index in [2.05, 4.69) is 0 Å². The summed E-state index contributed by atoms with van der Waals surface area (Å²) < 4.78 is 5.41. The van der Waals surface area contributed by atoms with Gasteiger partial charge in [-0.15, -0.1) is 0 Å². The fraction of sp³-hybridized carbons (Fsp3) is 0.429. The fourth-order valence-corrected chi connectivity index (χ4v) is 1.99. The number of hydrogen-bond donors (Lipinski definition) is 2. The second-order valence-corrected chi connectivity index (χ2v) is 4.40. The first-order valence-electron chi connectivity index (χ1n) is 5.94. The summed E-state index contributed by atoms with van der Waals surface area (Å²) in [6, 6.07) is 9.74. The normalized spacial score (nSPS) is 25.8. The van der Waals surface area contributed by atoms with E-state index in [4.69, 9.17) is 4.74 Å². The predicted molar refractivity (Wildman–Crippen MR) is 65.1 cm³/mol. The highest BCUT2D eigenvalue weighted by Gasteiger charge is 2.23. The average molecular weight is 234 g/mol. The van der Waals surface area contributed by atoms with Crippen molar-refractivity contribution < 1.29 is 14.9 Å². The van der Waals surface area contributed by atoms with E-state index in [0.717, 1.165) is 5.56 Å². The van der Waals surface area contributed by atoms with Crippen LogP contribution < -0.4 is 0 Å². The van der Waals surface area contributed by atoms with Crippen LogP contribution in [0, 0.1) is 5.92 Å². The van der Waals surface area contributed by atoms with Crippen molar-refractivity contribution in [3.8, 4) is 0 Å². The topological polar surface area (TPSA) is 49.7 Å². The first kappa shape index (κ1) is 12.3. The molecular formula is C14H18O3. The Morgan fingerprint density at radius 1 is 1.29 bits per heavy atom. The highest BCUT2D eigenvalue weighted by atomic mass is 16.6. The Morgan fingerprint density at radius 2 is 2.06 bits per heavy atom. The number of ether oxygens (including phenoxy) is 1. The van der Waals surface area contributed by atoms with E-state index in [0.29, 0.717) is 19.4 Å². The van der Waals surface area contributed by atoms with Crippen LogP contribution >= 0.6 is 0 Å². The Hall–Kier alpha value is -1.16. The average Bonchev–Trinajstić information content (AvgIpc) is 2.37. The van der Waals surface area contributed by atoms with Gasteiger partial charge in [-0.05, 0) is 18.4 Å². The van der Waals surface area contributed by atoms with Gasteiger partial charge in [-0.2, -0.15) is 0 Å². The zero-order valence-corrected chi connectivity index (χ0v) is 9.70. The maximum atomic E-state index is 9.87. The minimum Gasteiger partial charge on any atom is -0.393 e. The smallest absolute Gasteiger partial charge is 0.161 e. The molecule has 2 rings (SSSR count). The van der Waals surface area contributed by atoms with Gasteiger partial charge in [-0.1, -0.05) is 42.5 Å². The third kappa shape index (κ3) is 3.66. The molecule has 0 heterocycles. The highest BCUT2D eigenvalue weighted by Crippen LogP contribution is 2.22. The maximum absolute atomic E-state index is 9.87. The monoisotopic (exact) mass is 234 g/mol. The molecule has 1 aromatic carbocycles. The van der Waals surface area contributed by atoms with Crippen LogP contribution in [0.15, 0.2) is 42.5 Å². The Bertz CT molecular complexity index is 361.